The third kappa shape index (κ3) is 7.10. The number of hydrogen-bond donors (Lipinski definition) is 2. The second-order valence-corrected chi connectivity index (χ2v) is 8.14. The maximum Gasteiger partial charge on any atom is 0.266 e. The van der Waals surface area contributed by atoms with E-state index in [1.165, 1.54) is 13.2 Å². The van der Waals surface area contributed by atoms with E-state index in [0.29, 0.717) is 27.8 Å². The Morgan fingerprint density at radius 2 is 1.83 bits per heavy atom. The van der Waals surface area contributed by atoms with Gasteiger partial charge in [0.1, 0.15) is 11.6 Å². The van der Waals surface area contributed by atoms with Crippen LogP contribution in [0.2, 0.25) is 5.02 Å². The summed E-state index contributed by atoms with van der Waals surface area (Å²) in [5.74, 6) is -0.181. The number of nitrogens with one attached hydrogen (secondary N) is 2. The van der Waals surface area contributed by atoms with Crippen LogP contribution in [-0.4, -0.2) is 25.5 Å². The number of amides is 2. The third-order valence-corrected chi connectivity index (χ3v) is 5.21. The highest BCUT2D eigenvalue weighted by molar-refractivity contribution is 6.31. The van der Waals surface area contributed by atoms with Crippen LogP contribution in [0.15, 0.2) is 66.2 Å². The smallest absolute Gasteiger partial charge is 0.266 e. The summed E-state index contributed by atoms with van der Waals surface area (Å²) in [6.07, 6.45) is 1.43. The third-order valence-electron chi connectivity index (χ3n) is 4.97. The lowest BCUT2D eigenvalue weighted by molar-refractivity contribution is -0.118. The summed E-state index contributed by atoms with van der Waals surface area (Å²) in [5.41, 5.74) is 3.64. The average Bonchev–Trinajstić information content (AvgIpc) is 2.83. The van der Waals surface area contributed by atoms with Crippen molar-refractivity contribution in [3.8, 4) is 17.6 Å². The van der Waals surface area contributed by atoms with Gasteiger partial charge in [0, 0.05) is 16.4 Å². The molecule has 0 bridgehead atoms. The Labute approximate surface area is 208 Å². The molecule has 0 aliphatic rings. The van der Waals surface area contributed by atoms with E-state index in [2.05, 4.69) is 10.6 Å². The van der Waals surface area contributed by atoms with E-state index in [0.717, 1.165) is 16.8 Å². The maximum atomic E-state index is 12.5. The molecule has 0 unspecified atom stereocenters. The number of carbonyl (C=O) groups excluding carboxylic acids is 2. The van der Waals surface area contributed by atoms with Crippen LogP contribution in [0.25, 0.3) is 6.08 Å². The van der Waals surface area contributed by atoms with Gasteiger partial charge in [-0.2, -0.15) is 5.26 Å². The summed E-state index contributed by atoms with van der Waals surface area (Å²) in [7, 11) is 1.46. The highest BCUT2D eigenvalue weighted by atomic mass is 35.5. The number of anilines is 2. The molecular weight excluding hydrogens is 466 g/mol. The Hall–Kier alpha value is -4.28. The van der Waals surface area contributed by atoms with Crippen molar-refractivity contribution < 1.29 is 19.1 Å². The summed E-state index contributed by atoms with van der Waals surface area (Å²) in [5, 5.41) is 15.4. The molecule has 8 heteroatoms. The molecule has 3 rings (SSSR count). The average molecular weight is 490 g/mol. The van der Waals surface area contributed by atoms with Crippen molar-refractivity contribution >= 4 is 40.9 Å². The predicted octanol–water partition coefficient (Wildman–Crippen LogP) is 5.53. The van der Waals surface area contributed by atoms with Gasteiger partial charge in [-0.3, -0.25) is 9.59 Å². The van der Waals surface area contributed by atoms with Gasteiger partial charge in [0.2, 0.25) is 0 Å². The molecule has 2 amide bonds. The Morgan fingerprint density at radius 3 is 2.54 bits per heavy atom. The Morgan fingerprint density at radius 1 is 1.03 bits per heavy atom. The molecule has 3 aromatic carbocycles. The highest BCUT2D eigenvalue weighted by Crippen LogP contribution is 2.29. The fraction of sp³-hybridized carbons (Fsp3) is 0.148. The van der Waals surface area contributed by atoms with Crippen LogP contribution in [-0.2, 0) is 9.59 Å². The molecule has 0 heterocycles. The van der Waals surface area contributed by atoms with E-state index >= 15 is 0 Å². The molecule has 0 atom stereocenters. The Bertz CT molecular complexity index is 1330. The summed E-state index contributed by atoms with van der Waals surface area (Å²) >= 11 is 5.94. The lowest BCUT2D eigenvalue weighted by Gasteiger charge is -2.13. The summed E-state index contributed by atoms with van der Waals surface area (Å²) < 4.78 is 11.0. The summed E-state index contributed by atoms with van der Waals surface area (Å²) in [4.78, 5) is 24.9. The molecule has 0 aromatic heterocycles. The van der Waals surface area contributed by atoms with Crippen LogP contribution >= 0.6 is 11.6 Å². The summed E-state index contributed by atoms with van der Waals surface area (Å²) in [6.45, 7) is 3.64. The Balaban J connectivity index is 1.69. The molecule has 0 radical (unpaired) electrons. The monoisotopic (exact) mass is 489 g/mol. The number of carbonyl (C=O) groups is 2. The van der Waals surface area contributed by atoms with Gasteiger partial charge in [0.25, 0.3) is 11.8 Å². The molecule has 35 heavy (non-hydrogen) atoms. The van der Waals surface area contributed by atoms with E-state index in [9.17, 15) is 14.9 Å². The van der Waals surface area contributed by atoms with Gasteiger partial charge in [0.15, 0.2) is 18.1 Å². The highest BCUT2D eigenvalue weighted by Gasteiger charge is 2.13. The first-order valence-electron chi connectivity index (χ1n) is 10.7. The van der Waals surface area contributed by atoms with Gasteiger partial charge in [-0.25, -0.2) is 0 Å². The van der Waals surface area contributed by atoms with Crippen molar-refractivity contribution in [2.75, 3.05) is 24.4 Å². The minimum Gasteiger partial charge on any atom is -0.493 e. The van der Waals surface area contributed by atoms with E-state index in [4.69, 9.17) is 21.1 Å². The number of nitrogens with zero attached hydrogens (tertiary/aromatic N) is 1. The van der Waals surface area contributed by atoms with Gasteiger partial charge in [-0.15, -0.1) is 0 Å². The molecule has 7 nitrogen and oxygen atoms in total. The zero-order chi connectivity index (χ0) is 25.4. The van der Waals surface area contributed by atoms with Crippen molar-refractivity contribution in [2.24, 2.45) is 0 Å². The van der Waals surface area contributed by atoms with E-state index in [1.54, 1.807) is 42.5 Å². The first-order valence-corrected chi connectivity index (χ1v) is 11.0. The fourth-order valence-electron chi connectivity index (χ4n) is 3.17. The van der Waals surface area contributed by atoms with Gasteiger partial charge in [-0.05, 0) is 73.0 Å². The van der Waals surface area contributed by atoms with E-state index in [1.807, 2.05) is 38.1 Å². The van der Waals surface area contributed by atoms with E-state index in [-0.39, 0.29) is 18.1 Å². The fourth-order valence-corrected chi connectivity index (χ4v) is 3.36. The quantitative estimate of drug-likeness (QED) is 0.320. The number of benzene rings is 3. The van der Waals surface area contributed by atoms with Gasteiger partial charge < -0.3 is 20.1 Å². The van der Waals surface area contributed by atoms with Crippen LogP contribution in [0, 0.1) is 25.2 Å². The molecule has 0 saturated carbocycles. The number of halogens is 1. The van der Waals surface area contributed by atoms with Gasteiger partial charge in [-0.1, -0.05) is 35.9 Å². The Kier molecular flexibility index (Phi) is 8.49. The SMILES string of the molecule is COc1cc(/C=C(/C#N)C(=O)Nc2cccc(Cl)c2)ccc1OCC(=O)Nc1cc(C)ccc1C. The van der Waals surface area contributed by atoms with Gasteiger partial charge in [0.05, 0.1) is 7.11 Å². The molecule has 0 fully saturated rings. The first-order chi connectivity index (χ1) is 16.8. The van der Waals surface area contributed by atoms with Gasteiger partial charge >= 0.3 is 0 Å². The molecule has 3 aromatic rings. The number of nitriles is 1. The molecule has 0 saturated heterocycles. The molecular formula is C27H24ClN3O4. The van der Waals surface area contributed by atoms with Crippen LogP contribution in [0.4, 0.5) is 11.4 Å². The van der Waals surface area contributed by atoms with Crippen molar-refractivity contribution in [2.45, 2.75) is 13.8 Å². The number of aryl methyl sites for hydroxylation is 2. The van der Waals surface area contributed by atoms with Crippen LogP contribution < -0.4 is 20.1 Å². The summed E-state index contributed by atoms with van der Waals surface area (Å²) in [6, 6.07) is 19.2. The minimum atomic E-state index is -0.572. The lowest BCUT2D eigenvalue weighted by atomic mass is 10.1. The van der Waals surface area contributed by atoms with Crippen molar-refractivity contribution in [3.05, 3.63) is 87.9 Å². The second-order valence-electron chi connectivity index (χ2n) is 7.70. The van der Waals surface area contributed by atoms with Crippen LogP contribution in [0.1, 0.15) is 16.7 Å². The molecule has 0 aliphatic heterocycles. The van der Waals surface area contributed by atoms with E-state index < -0.39 is 5.91 Å². The van der Waals surface area contributed by atoms with Crippen LogP contribution in [0.5, 0.6) is 11.5 Å². The normalized spacial score (nSPS) is 10.8. The molecule has 0 spiro atoms. The zero-order valence-electron chi connectivity index (χ0n) is 19.5. The van der Waals surface area contributed by atoms with Crippen molar-refractivity contribution in [1.29, 1.82) is 5.26 Å². The standard InChI is InChI=1S/C27H24ClN3O4/c1-17-7-8-18(2)23(11-17)31-26(32)16-35-24-10-9-19(13-25(24)34-3)12-20(15-29)27(33)30-22-6-4-5-21(28)14-22/h4-14H,16H2,1-3H3,(H,30,33)(H,31,32)/b20-12-. The molecule has 0 aliphatic carbocycles. The maximum absolute atomic E-state index is 12.5. The largest absolute Gasteiger partial charge is 0.493 e. The second kappa shape index (κ2) is 11.7. The minimum absolute atomic E-state index is 0.103. The predicted molar refractivity (Wildman–Crippen MR) is 137 cm³/mol. The lowest BCUT2D eigenvalue weighted by Crippen LogP contribution is -2.20. The number of hydrogen-bond acceptors (Lipinski definition) is 5. The topological polar surface area (TPSA) is 100 Å². The molecule has 178 valence electrons. The number of methoxy groups -OCH3 is 1. The molecule has 2 N–H and O–H groups in total. The van der Waals surface area contributed by atoms with Crippen LogP contribution in [0.3, 0.4) is 0 Å². The first kappa shape index (κ1) is 25.3. The van der Waals surface area contributed by atoms with Crippen molar-refractivity contribution in [3.63, 3.8) is 0 Å². The number of ether oxygens (including phenoxy) is 2. The zero-order valence-corrected chi connectivity index (χ0v) is 20.3. The van der Waals surface area contributed by atoms with Crippen molar-refractivity contribution in [1.82, 2.24) is 0 Å². The number of rotatable bonds is 8.